The zero-order chi connectivity index (χ0) is 20.4. The van der Waals surface area contributed by atoms with E-state index in [1.54, 1.807) is 30.3 Å². The average molecular weight is 387 g/mol. The van der Waals surface area contributed by atoms with Crippen molar-refractivity contribution in [3.63, 3.8) is 0 Å². The number of rotatable bonds is 6. The molecular weight excluding hydrogens is 366 g/mol. The van der Waals surface area contributed by atoms with E-state index in [0.717, 1.165) is 22.9 Å². The lowest BCUT2D eigenvalue weighted by Crippen LogP contribution is -2.36. The number of amides is 3. The summed E-state index contributed by atoms with van der Waals surface area (Å²) in [6, 6.07) is 18.1. The largest absolute Gasteiger partial charge is 0.352 e. The van der Waals surface area contributed by atoms with Gasteiger partial charge in [0.1, 0.15) is 6.54 Å². The van der Waals surface area contributed by atoms with Crippen LogP contribution in [0.4, 0.5) is 11.4 Å². The third kappa shape index (κ3) is 3.45. The van der Waals surface area contributed by atoms with Crippen LogP contribution < -0.4 is 15.5 Å². The van der Waals surface area contributed by atoms with Crippen molar-refractivity contribution in [2.24, 2.45) is 0 Å². The van der Waals surface area contributed by atoms with Gasteiger partial charge in [-0.1, -0.05) is 43.3 Å². The molecule has 0 bridgehead atoms. The summed E-state index contributed by atoms with van der Waals surface area (Å²) in [5.74, 6) is -0.794. The summed E-state index contributed by atoms with van der Waals surface area (Å²) >= 11 is 0. The predicted octanol–water partition coefficient (Wildman–Crippen LogP) is 3.58. The lowest BCUT2D eigenvalue weighted by molar-refractivity contribution is -0.114. The number of carbonyl (C=O) groups excluding carboxylic acids is 3. The predicted molar refractivity (Wildman–Crippen MR) is 113 cm³/mol. The molecule has 0 fully saturated rings. The number of hydrogen-bond acceptors (Lipinski definition) is 3. The van der Waals surface area contributed by atoms with Crippen LogP contribution in [0, 0.1) is 0 Å². The molecule has 1 aliphatic heterocycles. The Morgan fingerprint density at radius 2 is 1.72 bits per heavy atom. The van der Waals surface area contributed by atoms with Crippen LogP contribution >= 0.6 is 0 Å². The highest BCUT2D eigenvalue weighted by molar-refractivity contribution is 6.26. The number of nitrogens with one attached hydrogen (secondary N) is 2. The van der Waals surface area contributed by atoms with Crippen molar-refractivity contribution in [3.05, 3.63) is 71.8 Å². The Balaban J connectivity index is 1.54. The molecule has 4 rings (SSSR count). The number of carbonyl (C=O) groups is 3. The number of hydrogen-bond donors (Lipinski definition) is 2. The standard InChI is InChI=1S/C23H21N3O3/c1-2-13-24-22(28)16-9-3-4-11-18(16)25-20(27)14-26-19-12-6-8-15-7-5-10-17(21(15)19)23(26)29/h3-12H,2,13-14H2,1H3,(H,24,28)(H,25,27). The maximum Gasteiger partial charge on any atom is 0.259 e. The molecule has 0 radical (unpaired) electrons. The molecule has 0 spiro atoms. The highest BCUT2D eigenvalue weighted by atomic mass is 16.2. The molecule has 0 saturated heterocycles. The molecule has 3 aromatic carbocycles. The van der Waals surface area contributed by atoms with Crippen molar-refractivity contribution in [1.82, 2.24) is 5.32 Å². The Bertz CT molecular complexity index is 1120. The van der Waals surface area contributed by atoms with Crippen molar-refractivity contribution >= 4 is 39.9 Å². The third-order valence-electron chi connectivity index (χ3n) is 4.93. The first kappa shape index (κ1) is 18.7. The molecular formula is C23H21N3O3. The summed E-state index contributed by atoms with van der Waals surface area (Å²) in [7, 11) is 0. The normalized spacial score (nSPS) is 12.3. The highest BCUT2D eigenvalue weighted by Gasteiger charge is 2.31. The van der Waals surface area contributed by atoms with E-state index < -0.39 is 0 Å². The second kappa shape index (κ2) is 7.75. The van der Waals surface area contributed by atoms with E-state index in [2.05, 4.69) is 10.6 Å². The second-order valence-electron chi connectivity index (χ2n) is 6.92. The number of benzene rings is 3. The van der Waals surface area contributed by atoms with Crippen molar-refractivity contribution in [1.29, 1.82) is 0 Å². The van der Waals surface area contributed by atoms with Crippen molar-refractivity contribution in [2.45, 2.75) is 13.3 Å². The first-order valence-corrected chi connectivity index (χ1v) is 9.61. The van der Waals surface area contributed by atoms with Gasteiger partial charge in [-0.25, -0.2) is 0 Å². The van der Waals surface area contributed by atoms with Gasteiger partial charge in [0.15, 0.2) is 0 Å². The van der Waals surface area contributed by atoms with E-state index in [4.69, 9.17) is 0 Å². The van der Waals surface area contributed by atoms with Gasteiger partial charge >= 0.3 is 0 Å². The molecule has 2 N–H and O–H groups in total. The van der Waals surface area contributed by atoms with Crippen molar-refractivity contribution < 1.29 is 14.4 Å². The van der Waals surface area contributed by atoms with Crippen LogP contribution in [0.1, 0.15) is 34.1 Å². The summed E-state index contributed by atoms with van der Waals surface area (Å²) in [5, 5.41) is 7.43. The number of para-hydroxylation sites is 1. The summed E-state index contributed by atoms with van der Waals surface area (Å²) < 4.78 is 0. The first-order chi connectivity index (χ1) is 14.1. The molecule has 0 atom stereocenters. The molecule has 6 heteroatoms. The van der Waals surface area contributed by atoms with Crippen molar-refractivity contribution in [2.75, 3.05) is 23.3 Å². The van der Waals surface area contributed by atoms with Gasteiger partial charge in [-0.2, -0.15) is 0 Å². The zero-order valence-corrected chi connectivity index (χ0v) is 16.1. The van der Waals surface area contributed by atoms with Crippen LogP contribution in [0.2, 0.25) is 0 Å². The Morgan fingerprint density at radius 3 is 2.52 bits per heavy atom. The molecule has 29 heavy (non-hydrogen) atoms. The topological polar surface area (TPSA) is 78.5 Å². The minimum absolute atomic E-state index is 0.127. The first-order valence-electron chi connectivity index (χ1n) is 9.61. The minimum Gasteiger partial charge on any atom is -0.352 e. The van der Waals surface area contributed by atoms with E-state index in [-0.39, 0.29) is 24.3 Å². The molecule has 0 aromatic heterocycles. The Labute approximate surface area is 168 Å². The molecule has 3 aromatic rings. The maximum atomic E-state index is 12.8. The van der Waals surface area contributed by atoms with Crippen LogP contribution in [-0.2, 0) is 4.79 Å². The van der Waals surface area contributed by atoms with E-state index in [0.29, 0.717) is 23.4 Å². The monoisotopic (exact) mass is 387 g/mol. The number of nitrogens with zero attached hydrogens (tertiary/aromatic N) is 1. The van der Waals surface area contributed by atoms with Gasteiger partial charge in [-0.3, -0.25) is 19.3 Å². The van der Waals surface area contributed by atoms with Gasteiger partial charge in [0, 0.05) is 17.5 Å². The molecule has 6 nitrogen and oxygen atoms in total. The molecule has 0 unspecified atom stereocenters. The van der Waals surface area contributed by atoms with Crippen LogP contribution in [0.5, 0.6) is 0 Å². The second-order valence-corrected chi connectivity index (χ2v) is 6.92. The summed E-state index contributed by atoms with van der Waals surface area (Å²) in [6.07, 6.45) is 0.823. The Hall–Kier alpha value is -3.67. The van der Waals surface area contributed by atoms with E-state index in [1.807, 2.05) is 37.3 Å². The summed E-state index contributed by atoms with van der Waals surface area (Å²) in [6.45, 7) is 2.41. The van der Waals surface area contributed by atoms with Gasteiger partial charge in [0.25, 0.3) is 11.8 Å². The van der Waals surface area contributed by atoms with Crippen molar-refractivity contribution in [3.8, 4) is 0 Å². The van der Waals surface area contributed by atoms with Gasteiger partial charge in [-0.05, 0) is 36.1 Å². The van der Waals surface area contributed by atoms with E-state index >= 15 is 0 Å². The molecule has 1 aliphatic rings. The summed E-state index contributed by atoms with van der Waals surface area (Å²) in [4.78, 5) is 39.4. The minimum atomic E-state index is -0.362. The van der Waals surface area contributed by atoms with Crippen LogP contribution in [-0.4, -0.2) is 30.8 Å². The van der Waals surface area contributed by atoms with Gasteiger partial charge < -0.3 is 10.6 Å². The summed E-state index contributed by atoms with van der Waals surface area (Å²) in [5.41, 5.74) is 2.15. The molecule has 1 heterocycles. The quantitative estimate of drug-likeness (QED) is 0.679. The van der Waals surface area contributed by atoms with E-state index in [9.17, 15) is 14.4 Å². The fourth-order valence-corrected chi connectivity index (χ4v) is 3.59. The number of anilines is 2. The molecule has 3 amide bonds. The fourth-order valence-electron chi connectivity index (χ4n) is 3.59. The lowest BCUT2D eigenvalue weighted by Gasteiger charge is -2.18. The molecule has 0 aliphatic carbocycles. The lowest BCUT2D eigenvalue weighted by atomic mass is 10.1. The SMILES string of the molecule is CCCNC(=O)c1ccccc1NC(=O)CN1C(=O)c2cccc3cccc1c23. The average Bonchev–Trinajstić information content (AvgIpc) is 3.00. The Morgan fingerprint density at radius 1 is 0.966 bits per heavy atom. The molecule has 146 valence electrons. The van der Waals surface area contributed by atoms with Crippen LogP contribution in [0.3, 0.4) is 0 Å². The van der Waals surface area contributed by atoms with Gasteiger partial charge in [0.05, 0.1) is 16.9 Å². The van der Waals surface area contributed by atoms with E-state index in [1.165, 1.54) is 4.90 Å². The van der Waals surface area contributed by atoms with Crippen LogP contribution in [0.25, 0.3) is 10.8 Å². The van der Waals surface area contributed by atoms with Gasteiger partial charge in [0.2, 0.25) is 5.91 Å². The maximum absolute atomic E-state index is 12.8. The third-order valence-corrected chi connectivity index (χ3v) is 4.93. The van der Waals surface area contributed by atoms with Gasteiger partial charge in [-0.15, -0.1) is 0 Å². The fraction of sp³-hybridized carbons (Fsp3) is 0.174. The Kier molecular flexibility index (Phi) is 4.99. The highest BCUT2D eigenvalue weighted by Crippen LogP contribution is 2.36. The molecule has 0 saturated carbocycles. The zero-order valence-electron chi connectivity index (χ0n) is 16.1. The van der Waals surface area contributed by atoms with Crippen LogP contribution in [0.15, 0.2) is 60.7 Å². The smallest absolute Gasteiger partial charge is 0.259 e.